The topological polar surface area (TPSA) is 91.4 Å². The predicted octanol–water partition coefficient (Wildman–Crippen LogP) is 4.86. The van der Waals surface area contributed by atoms with Crippen LogP contribution in [0.2, 0.25) is 0 Å². The number of amides is 2. The Morgan fingerprint density at radius 1 is 1.20 bits per heavy atom. The number of hydrogen-bond donors (Lipinski definition) is 3. The maximum atomic E-state index is 15.1. The molecular formula is C25H30F2N6O2. The maximum absolute atomic E-state index is 15.1. The lowest BCUT2D eigenvalue weighted by atomic mass is 10.1. The van der Waals surface area contributed by atoms with E-state index in [4.69, 9.17) is 4.74 Å². The summed E-state index contributed by atoms with van der Waals surface area (Å²) in [5.41, 5.74) is 0.317. The van der Waals surface area contributed by atoms with Gasteiger partial charge in [-0.15, -0.1) is 0 Å². The molecule has 186 valence electrons. The Morgan fingerprint density at radius 2 is 1.94 bits per heavy atom. The third-order valence-electron chi connectivity index (χ3n) is 5.72. The number of alkyl halides is 1. The molecule has 10 heteroatoms. The normalized spacial score (nSPS) is 16.3. The van der Waals surface area contributed by atoms with Gasteiger partial charge in [-0.25, -0.2) is 23.5 Å². The molecule has 1 aliphatic heterocycles. The summed E-state index contributed by atoms with van der Waals surface area (Å²) in [5.74, 6) is 0.300. The zero-order valence-electron chi connectivity index (χ0n) is 20.1. The summed E-state index contributed by atoms with van der Waals surface area (Å²) in [6.07, 6.45) is 2.52. The number of nitrogens with zero attached hydrogens (tertiary/aromatic N) is 3. The van der Waals surface area contributed by atoms with E-state index in [9.17, 15) is 9.18 Å². The molecule has 8 nitrogen and oxygen atoms in total. The van der Waals surface area contributed by atoms with Crippen molar-refractivity contribution in [3.05, 3.63) is 48.5 Å². The van der Waals surface area contributed by atoms with Crippen molar-refractivity contribution in [1.29, 1.82) is 0 Å². The van der Waals surface area contributed by atoms with Gasteiger partial charge in [0.25, 0.3) is 0 Å². The van der Waals surface area contributed by atoms with Crippen LogP contribution in [0, 0.1) is 5.82 Å². The van der Waals surface area contributed by atoms with Gasteiger partial charge in [-0.2, -0.15) is 0 Å². The van der Waals surface area contributed by atoms with E-state index in [0.717, 1.165) is 19.5 Å². The van der Waals surface area contributed by atoms with Crippen LogP contribution in [-0.2, 0) is 0 Å². The standard InChI is InChI=1S/C25H30F2N6O2/c1-25(2,27)9-10-28-24(34)32-17-6-4-16(5-7-17)31-23-22-20(26)12-19(13-21(22)29-15-30-23)35-18-8-11-33(3)14-18/h4-7,12-13,15,18H,8-11,14H2,1-3H3,(H2,28,32,34)(H,29,30,31)/t18-/m1/s1. The molecule has 1 atom stereocenters. The third kappa shape index (κ3) is 6.75. The summed E-state index contributed by atoms with van der Waals surface area (Å²) in [4.78, 5) is 22.6. The summed E-state index contributed by atoms with van der Waals surface area (Å²) in [6.45, 7) is 4.91. The second kappa shape index (κ2) is 10.4. The molecule has 2 amide bonds. The number of carbonyl (C=O) groups is 1. The lowest BCUT2D eigenvalue weighted by Gasteiger charge is -2.15. The van der Waals surface area contributed by atoms with Crippen LogP contribution in [-0.4, -0.2) is 59.4 Å². The summed E-state index contributed by atoms with van der Waals surface area (Å²) >= 11 is 0. The average molecular weight is 485 g/mol. The average Bonchev–Trinajstić information content (AvgIpc) is 3.18. The fourth-order valence-corrected chi connectivity index (χ4v) is 3.89. The Morgan fingerprint density at radius 3 is 2.63 bits per heavy atom. The van der Waals surface area contributed by atoms with Gasteiger partial charge in [0.15, 0.2) is 0 Å². The minimum Gasteiger partial charge on any atom is -0.489 e. The highest BCUT2D eigenvalue weighted by Gasteiger charge is 2.22. The number of urea groups is 1. The number of aromatic nitrogens is 2. The lowest BCUT2D eigenvalue weighted by molar-refractivity contribution is 0.200. The molecule has 0 spiro atoms. The van der Waals surface area contributed by atoms with Crippen molar-refractivity contribution in [3.8, 4) is 5.75 Å². The fraction of sp³-hybridized carbons (Fsp3) is 0.400. The van der Waals surface area contributed by atoms with Crippen molar-refractivity contribution in [2.24, 2.45) is 0 Å². The fourth-order valence-electron chi connectivity index (χ4n) is 3.89. The zero-order valence-corrected chi connectivity index (χ0v) is 20.1. The number of ether oxygens (including phenoxy) is 1. The zero-order chi connectivity index (χ0) is 25.0. The number of fused-ring (bicyclic) bond motifs is 1. The number of anilines is 3. The number of likely N-dealkylation sites (tertiary alicyclic amines) is 1. The highest BCUT2D eigenvalue weighted by molar-refractivity contribution is 5.92. The molecule has 1 aromatic heterocycles. The van der Waals surface area contributed by atoms with Crippen LogP contribution < -0.4 is 20.7 Å². The predicted molar refractivity (Wildman–Crippen MR) is 133 cm³/mol. The Kier molecular flexibility index (Phi) is 7.30. The molecule has 1 fully saturated rings. The number of carbonyl (C=O) groups excluding carboxylic acids is 1. The largest absolute Gasteiger partial charge is 0.489 e. The molecule has 1 saturated heterocycles. The quantitative estimate of drug-likeness (QED) is 0.423. The van der Waals surface area contributed by atoms with E-state index in [1.54, 1.807) is 30.3 Å². The van der Waals surface area contributed by atoms with Gasteiger partial charge in [-0.1, -0.05) is 0 Å². The Balaban J connectivity index is 1.41. The molecule has 4 rings (SSSR count). The molecule has 35 heavy (non-hydrogen) atoms. The number of hydrogen-bond acceptors (Lipinski definition) is 6. The smallest absolute Gasteiger partial charge is 0.319 e. The van der Waals surface area contributed by atoms with Gasteiger partial charge in [-0.05, 0) is 58.0 Å². The van der Waals surface area contributed by atoms with Crippen molar-refractivity contribution >= 4 is 34.1 Å². The van der Waals surface area contributed by atoms with Crippen LogP contribution in [0.25, 0.3) is 10.9 Å². The molecular weight excluding hydrogens is 454 g/mol. The number of likely N-dealkylation sites (N-methyl/N-ethyl adjacent to an activating group) is 1. The molecule has 3 aromatic rings. The second-order valence-corrected chi connectivity index (χ2v) is 9.36. The summed E-state index contributed by atoms with van der Waals surface area (Å²) in [7, 11) is 2.03. The van der Waals surface area contributed by atoms with Crippen molar-refractivity contribution in [3.63, 3.8) is 0 Å². The first-order valence-corrected chi connectivity index (χ1v) is 11.6. The van der Waals surface area contributed by atoms with Crippen molar-refractivity contribution in [2.45, 2.75) is 38.5 Å². The van der Waals surface area contributed by atoms with E-state index < -0.39 is 17.5 Å². The van der Waals surface area contributed by atoms with Crippen LogP contribution in [0.5, 0.6) is 5.75 Å². The van der Waals surface area contributed by atoms with E-state index >= 15 is 4.39 Å². The lowest BCUT2D eigenvalue weighted by Crippen LogP contribution is -2.32. The summed E-state index contributed by atoms with van der Waals surface area (Å²) in [5, 5.41) is 8.69. The number of nitrogens with one attached hydrogen (secondary N) is 3. The van der Waals surface area contributed by atoms with Crippen molar-refractivity contribution < 1.29 is 18.3 Å². The maximum Gasteiger partial charge on any atom is 0.319 e. The SMILES string of the molecule is CN1CC[C@@H](Oc2cc(F)c3c(Nc4ccc(NC(=O)NCCC(C)(C)F)cc4)ncnc3c2)C1. The van der Waals surface area contributed by atoms with Crippen molar-refractivity contribution in [1.82, 2.24) is 20.2 Å². The molecule has 0 aliphatic carbocycles. The van der Waals surface area contributed by atoms with E-state index in [0.29, 0.717) is 28.5 Å². The highest BCUT2D eigenvalue weighted by Crippen LogP contribution is 2.30. The Hall–Kier alpha value is -3.53. The highest BCUT2D eigenvalue weighted by atomic mass is 19.1. The van der Waals surface area contributed by atoms with Crippen LogP contribution in [0.15, 0.2) is 42.7 Å². The van der Waals surface area contributed by atoms with Gasteiger partial charge < -0.3 is 25.6 Å². The molecule has 0 saturated carbocycles. The van der Waals surface area contributed by atoms with Crippen LogP contribution in [0.1, 0.15) is 26.7 Å². The number of rotatable bonds is 8. The van der Waals surface area contributed by atoms with Crippen LogP contribution in [0.4, 0.5) is 30.8 Å². The molecule has 0 bridgehead atoms. The third-order valence-corrected chi connectivity index (χ3v) is 5.72. The van der Waals surface area contributed by atoms with E-state index in [1.165, 1.54) is 26.2 Å². The summed E-state index contributed by atoms with van der Waals surface area (Å²) in [6, 6.07) is 9.54. The molecule has 0 unspecified atom stereocenters. The first-order chi connectivity index (χ1) is 16.7. The number of benzene rings is 2. The minimum absolute atomic E-state index is 0.0287. The molecule has 3 N–H and O–H groups in total. The first-order valence-electron chi connectivity index (χ1n) is 11.6. The van der Waals surface area contributed by atoms with Gasteiger partial charge in [-0.3, -0.25) is 0 Å². The van der Waals surface area contributed by atoms with E-state index in [-0.39, 0.29) is 24.5 Å². The Bertz CT molecular complexity index is 1180. The van der Waals surface area contributed by atoms with Crippen LogP contribution in [0.3, 0.4) is 0 Å². The van der Waals surface area contributed by atoms with Gasteiger partial charge >= 0.3 is 6.03 Å². The van der Waals surface area contributed by atoms with Gasteiger partial charge in [0.05, 0.1) is 10.9 Å². The molecule has 2 aromatic carbocycles. The minimum atomic E-state index is -1.34. The number of halogens is 2. The van der Waals surface area contributed by atoms with Crippen LogP contribution >= 0.6 is 0 Å². The van der Waals surface area contributed by atoms with Gasteiger partial charge in [0, 0.05) is 43.1 Å². The van der Waals surface area contributed by atoms with Gasteiger partial charge in [0.1, 0.15) is 35.5 Å². The van der Waals surface area contributed by atoms with E-state index in [2.05, 4.69) is 30.8 Å². The molecule has 1 aliphatic rings. The summed E-state index contributed by atoms with van der Waals surface area (Å²) < 4.78 is 34.5. The van der Waals surface area contributed by atoms with Gasteiger partial charge in [0.2, 0.25) is 0 Å². The van der Waals surface area contributed by atoms with Crippen molar-refractivity contribution in [2.75, 3.05) is 37.3 Å². The van der Waals surface area contributed by atoms with E-state index in [1.807, 2.05) is 7.05 Å². The molecule has 2 heterocycles. The Labute approximate surface area is 203 Å². The second-order valence-electron chi connectivity index (χ2n) is 9.36. The monoisotopic (exact) mass is 484 g/mol. The molecule has 0 radical (unpaired) electrons. The first kappa shape index (κ1) is 24.6.